The smallest absolute Gasteiger partial charge is 0.165 e. The lowest BCUT2D eigenvalue weighted by Crippen LogP contribution is -2.31. The van der Waals surface area contributed by atoms with Crippen molar-refractivity contribution in [2.45, 2.75) is 27.3 Å². The summed E-state index contributed by atoms with van der Waals surface area (Å²) in [4.78, 5) is 2.40. The number of nitrogens with zero attached hydrogens (tertiary/aromatic N) is 1. The molecule has 0 radical (unpaired) electrons. The van der Waals surface area contributed by atoms with E-state index in [1.807, 2.05) is 13.0 Å². The number of methoxy groups -OCH3 is 1. The van der Waals surface area contributed by atoms with Gasteiger partial charge in [0.15, 0.2) is 11.5 Å². The minimum atomic E-state index is 0. The molecule has 0 bridgehead atoms. The molecule has 0 atom stereocenters. The van der Waals surface area contributed by atoms with Crippen molar-refractivity contribution in [2.75, 3.05) is 39.9 Å². The average molecular weight is 432 g/mol. The Kier molecular flexibility index (Phi) is 15.4. The van der Waals surface area contributed by atoms with Crippen LogP contribution in [-0.2, 0) is 6.54 Å². The van der Waals surface area contributed by atoms with E-state index in [4.69, 9.17) is 9.47 Å². The molecule has 0 aromatic heterocycles. The lowest BCUT2D eigenvalue weighted by molar-refractivity contribution is 0.297. The van der Waals surface area contributed by atoms with E-state index in [0.717, 1.165) is 54.3 Å². The third-order valence-corrected chi connectivity index (χ3v) is 3.88. The van der Waals surface area contributed by atoms with Gasteiger partial charge in [-0.2, -0.15) is 0 Å². The van der Waals surface area contributed by atoms with Crippen LogP contribution in [0, 0.1) is 0 Å². The normalized spacial score (nSPS) is 10.0. The summed E-state index contributed by atoms with van der Waals surface area (Å²) in [5.41, 5.74) is 1.11. The highest BCUT2D eigenvalue weighted by molar-refractivity contribution is 9.10. The molecular formula is C16H29BrCl2N2O2. The predicted molar refractivity (Wildman–Crippen MR) is 106 cm³/mol. The summed E-state index contributed by atoms with van der Waals surface area (Å²) in [5.74, 6) is 1.60. The van der Waals surface area contributed by atoms with Crippen molar-refractivity contribution < 1.29 is 9.47 Å². The molecule has 0 saturated heterocycles. The van der Waals surface area contributed by atoms with Gasteiger partial charge in [-0.05, 0) is 32.1 Å². The number of nitrogens with one attached hydrogen (secondary N) is 1. The van der Waals surface area contributed by atoms with Gasteiger partial charge in [0, 0.05) is 29.7 Å². The van der Waals surface area contributed by atoms with Gasteiger partial charge in [0.2, 0.25) is 0 Å². The molecular weight excluding hydrogens is 403 g/mol. The third-order valence-electron chi connectivity index (χ3n) is 3.42. The lowest BCUT2D eigenvalue weighted by Gasteiger charge is -2.19. The maximum absolute atomic E-state index is 5.74. The summed E-state index contributed by atoms with van der Waals surface area (Å²) in [6, 6.07) is 4.02. The SMILES string of the molecule is CCOc1c(CNCCN(CC)CC)cc(Br)cc1OC.Cl.Cl. The van der Waals surface area contributed by atoms with Gasteiger partial charge in [0.05, 0.1) is 13.7 Å². The summed E-state index contributed by atoms with van der Waals surface area (Å²) in [6.07, 6.45) is 0. The zero-order valence-corrected chi connectivity index (χ0v) is 17.6. The quantitative estimate of drug-likeness (QED) is 0.564. The van der Waals surface area contributed by atoms with E-state index in [9.17, 15) is 0 Å². The molecule has 0 fully saturated rings. The number of rotatable bonds is 10. The molecule has 0 aliphatic heterocycles. The molecule has 4 nitrogen and oxygen atoms in total. The first-order valence-electron chi connectivity index (χ1n) is 7.58. The van der Waals surface area contributed by atoms with Crippen LogP contribution >= 0.6 is 40.7 Å². The zero-order chi connectivity index (χ0) is 15.7. The first-order chi connectivity index (χ1) is 10.2. The van der Waals surface area contributed by atoms with Gasteiger partial charge in [-0.1, -0.05) is 29.8 Å². The van der Waals surface area contributed by atoms with Crippen LogP contribution in [0.1, 0.15) is 26.3 Å². The molecule has 0 aliphatic carbocycles. The molecule has 7 heteroatoms. The predicted octanol–water partition coefficient (Wildman–Crippen LogP) is 4.13. The number of ether oxygens (including phenoxy) is 2. The molecule has 1 aromatic carbocycles. The van der Waals surface area contributed by atoms with E-state index >= 15 is 0 Å². The van der Waals surface area contributed by atoms with Crippen molar-refractivity contribution in [1.82, 2.24) is 10.2 Å². The topological polar surface area (TPSA) is 33.7 Å². The van der Waals surface area contributed by atoms with Crippen molar-refractivity contribution in [3.8, 4) is 11.5 Å². The molecule has 0 aliphatic rings. The van der Waals surface area contributed by atoms with Gasteiger partial charge < -0.3 is 19.7 Å². The van der Waals surface area contributed by atoms with Crippen molar-refractivity contribution >= 4 is 40.7 Å². The van der Waals surface area contributed by atoms with Crippen LogP contribution in [0.4, 0.5) is 0 Å². The molecule has 136 valence electrons. The summed E-state index contributed by atoms with van der Waals surface area (Å²) in [5, 5.41) is 3.48. The molecule has 0 heterocycles. The fourth-order valence-corrected chi connectivity index (χ4v) is 2.70. The van der Waals surface area contributed by atoms with E-state index in [2.05, 4.69) is 46.1 Å². The van der Waals surface area contributed by atoms with E-state index in [1.165, 1.54) is 0 Å². The number of hydrogen-bond donors (Lipinski definition) is 1. The van der Waals surface area contributed by atoms with E-state index in [0.29, 0.717) is 6.61 Å². The van der Waals surface area contributed by atoms with Crippen LogP contribution in [0.3, 0.4) is 0 Å². The van der Waals surface area contributed by atoms with Crippen LogP contribution in [-0.4, -0.2) is 44.8 Å². The van der Waals surface area contributed by atoms with Gasteiger partial charge in [-0.3, -0.25) is 0 Å². The first kappa shape index (κ1) is 25.0. The molecule has 0 amide bonds. The number of benzene rings is 1. The first-order valence-corrected chi connectivity index (χ1v) is 8.37. The highest BCUT2D eigenvalue weighted by Crippen LogP contribution is 2.34. The molecule has 1 N–H and O–H groups in total. The summed E-state index contributed by atoms with van der Waals surface area (Å²) in [7, 11) is 1.67. The fourth-order valence-electron chi connectivity index (χ4n) is 2.21. The molecule has 0 unspecified atom stereocenters. The van der Waals surface area contributed by atoms with Gasteiger partial charge in [0.1, 0.15) is 0 Å². The summed E-state index contributed by atoms with van der Waals surface area (Å²) >= 11 is 3.52. The van der Waals surface area contributed by atoms with E-state index < -0.39 is 0 Å². The molecule has 1 rings (SSSR count). The second kappa shape index (κ2) is 14.2. The lowest BCUT2D eigenvalue weighted by atomic mass is 10.2. The Morgan fingerprint density at radius 2 is 1.78 bits per heavy atom. The second-order valence-electron chi connectivity index (χ2n) is 4.73. The fraction of sp³-hybridized carbons (Fsp3) is 0.625. The van der Waals surface area contributed by atoms with E-state index in [1.54, 1.807) is 7.11 Å². The van der Waals surface area contributed by atoms with Gasteiger partial charge in [0.25, 0.3) is 0 Å². The number of hydrogen-bond acceptors (Lipinski definition) is 4. The monoisotopic (exact) mass is 430 g/mol. The molecule has 0 saturated carbocycles. The van der Waals surface area contributed by atoms with Crippen LogP contribution in [0.15, 0.2) is 16.6 Å². The minimum absolute atomic E-state index is 0. The molecule has 1 aromatic rings. The molecule has 0 spiro atoms. The van der Waals surface area contributed by atoms with Gasteiger partial charge in [-0.25, -0.2) is 0 Å². The van der Waals surface area contributed by atoms with E-state index in [-0.39, 0.29) is 24.8 Å². The zero-order valence-electron chi connectivity index (χ0n) is 14.4. The molecule has 23 heavy (non-hydrogen) atoms. The average Bonchev–Trinajstić information content (AvgIpc) is 2.49. The van der Waals surface area contributed by atoms with Crippen molar-refractivity contribution in [2.24, 2.45) is 0 Å². The van der Waals surface area contributed by atoms with Crippen molar-refractivity contribution in [1.29, 1.82) is 0 Å². The Morgan fingerprint density at radius 1 is 1.13 bits per heavy atom. The maximum Gasteiger partial charge on any atom is 0.165 e. The van der Waals surface area contributed by atoms with Crippen molar-refractivity contribution in [3.05, 3.63) is 22.2 Å². The van der Waals surface area contributed by atoms with Crippen molar-refractivity contribution in [3.63, 3.8) is 0 Å². The summed E-state index contributed by atoms with van der Waals surface area (Å²) < 4.78 is 12.1. The van der Waals surface area contributed by atoms with Crippen LogP contribution < -0.4 is 14.8 Å². The number of halogens is 3. The second-order valence-corrected chi connectivity index (χ2v) is 5.65. The minimum Gasteiger partial charge on any atom is -0.493 e. The Bertz CT molecular complexity index is 433. The highest BCUT2D eigenvalue weighted by Gasteiger charge is 2.12. The standard InChI is InChI=1S/C16H27BrN2O2.2ClH/c1-5-19(6-2)9-8-18-12-13-10-14(17)11-15(20-4)16(13)21-7-3;;/h10-11,18H,5-9,12H2,1-4H3;2*1H. The third kappa shape index (κ3) is 8.45. The largest absolute Gasteiger partial charge is 0.493 e. The van der Waals surface area contributed by atoms with Gasteiger partial charge in [-0.15, -0.1) is 24.8 Å². The Balaban J connectivity index is 0. The Hall–Kier alpha value is -0.200. The van der Waals surface area contributed by atoms with Crippen LogP contribution in [0.5, 0.6) is 11.5 Å². The van der Waals surface area contributed by atoms with Gasteiger partial charge >= 0.3 is 0 Å². The Labute approximate surface area is 161 Å². The summed E-state index contributed by atoms with van der Waals surface area (Å²) in [6.45, 7) is 12.0. The van der Waals surface area contributed by atoms with Crippen LogP contribution in [0.25, 0.3) is 0 Å². The maximum atomic E-state index is 5.74. The Morgan fingerprint density at radius 3 is 2.30 bits per heavy atom. The number of likely N-dealkylation sites (N-methyl/N-ethyl adjacent to an activating group) is 1. The van der Waals surface area contributed by atoms with Crippen LogP contribution in [0.2, 0.25) is 0 Å². The highest BCUT2D eigenvalue weighted by atomic mass is 79.9.